The van der Waals surface area contributed by atoms with Crippen LogP contribution < -0.4 is 0 Å². The van der Waals surface area contributed by atoms with E-state index in [4.69, 9.17) is 11.6 Å². The summed E-state index contributed by atoms with van der Waals surface area (Å²) in [5.74, 6) is 0.380. The first-order chi connectivity index (χ1) is 8.09. The molecule has 1 aliphatic heterocycles. The molecule has 2 rings (SSSR count). The van der Waals surface area contributed by atoms with E-state index in [0.29, 0.717) is 16.6 Å². The molecule has 0 amide bonds. The van der Waals surface area contributed by atoms with Crippen molar-refractivity contribution in [3.8, 4) is 0 Å². The number of hydrogen-bond donors (Lipinski definition) is 0. The van der Waals surface area contributed by atoms with Crippen molar-refractivity contribution in [1.29, 1.82) is 0 Å². The molecule has 0 spiro atoms. The summed E-state index contributed by atoms with van der Waals surface area (Å²) in [6.07, 6.45) is 2.65. The highest BCUT2D eigenvalue weighted by Gasteiger charge is 2.35. The Labute approximate surface area is 111 Å². The molecular weight excluding hydrogens is 278 g/mol. The maximum Gasteiger partial charge on any atom is 0.252 e. The molecule has 1 fully saturated rings. The van der Waals surface area contributed by atoms with E-state index < -0.39 is 10.0 Å². The van der Waals surface area contributed by atoms with Gasteiger partial charge in [0.15, 0.2) is 0 Å². The lowest BCUT2D eigenvalue weighted by atomic mass is 10.3. The molecule has 1 aliphatic rings. The predicted molar refractivity (Wildman–Crippen MR) is 71.3 cm³/mol. The quantitative estimate of drug-likeness (QED) is 0.801. The van der Waals surface area contributed by atoms with E-state index in [1.165, 1.54) is 11.3 Å². The highest BCUT2D eigenvalue weighted by molar-refractivity contribution is 7.91. The molecule has 1 atom stereocenters. The van der Waals surface area contributed by atoms with Crippen LogP contribution in [0, 0.1) is 0 Å². The van der Waals surface area contributed by atoms with Gasteiger partial charge in [-0.25, -0.2) is 8.42 Å². The van der Waals surface area contributed by atoms with Gasteiger partial charge in [-0.2, -0.15) is 4.31 Å². The minimum Gasteiger partial charge on any atom is -0.206 e. The Bertz CT molecular complexity index is 483. The summed E-state index contributed by atoms with van der Waals surface area (Å²) in [4.78, 5) is 1.10. The number of halogens is 1. The summed E-state index contributed by atoms with van der Waals surface area (Å²) in [5, 5.41) is 0. The standard InChI is InChI=1S/C11H16ClNO2S2/c1-2-10-5-6-11(16-10)17(14,15)13-7-3-4-9(13)8-12/h5-6,9H,2-4,7-8H2,1H3/t9-/m0/s1. The van der Waals surface area contributed by atoms with E-state index in [1.807, 2.05) is 13.0 Å². The molecule has 0 N–H and O–H groups in total. The lowest BCUT2D eigenvalue weighted by Gasteiger charge is -2.21. The summed E-state index contributed by atoms with van der Waals surface area (Å²) in [6, 6.07) is 3.57. The minimum absolute atomic E-state index is 0.0335. The molecular formula is C11H16ClNO2S2. The van der Waals surface area contributed by atoms with Crippen LogP contribution in [0.2, 0.25) is 0 Å². The number of rotatable bonds is 4. The molecule has 0 radical (unpaired) electrons. The van der Waals surface area contributed by atoms with Crippen LogP contribution in [0.1, 0.15) is 24.6 Å². The van der Waals surface area contributed by atoms with Gasteiger partial charge in [-0.15, -0.1) is 22.9 Å². The fourth-order valence-corrected chi connectivity index (χ4v) is 5.60. The molecule has 0 bridgehead atoms. The Morgan fingerprint density at radius 2 is 2.29 bits per heavy atom. The maximum absolute atomic E-state index is 12.4. The zero-order valence-electron chi connectivity index (χ0n) is 9.73. The Morgan fingerprint density at radius 1 is 1.53 bits per heavy atom. The van der Waals surface area contributed by atoms with Gasteiger partial charge in [0.25, 0.3) is 10.0 Å². The Morgan fingerprint density at radius 3 is 2.88 bits per heavy atom. The number of thiophene rings is 1. The number of alkyl halides is 1. The Kier molecular flexibility index (Phi) is 4.13. The average Bonchev–Trinajstić information content (AvgIpc) is 2.97. The SMILES string of the molecule is CCc1ccc(S(=O)(=O)N2CCC[C@H]2CCl)s1. The van der Waals surface area contributed by atoms with Crippen molar-refractivity contribution in [1.82, 2.24) is 4.31 Å². The van der Waals surface area contributed by atoms with Gasteiger partial charge in [-0.1, -0.05) is 6.92 Å². The van der Waals surface area contributed by atoms with E-state index in [-0.39, 0.29) is 6.04 Å². The van der Waals surface area contributed by atoms with Gasteiger partial charge < -0.3 is 0 Å². The first-order valence-corrected chi connectivity index (χ1v) is 8.55. The molecule has 6 heteroatoms. The van der Waals surface area contributed by atoms with Crippen LogP contribution in [0.3, 0.4) is 0 Å². The zero-order valence-corrected chi connectivity index (χ0v) is 12.1. The topological polar surface area (TPSA) is 37.4 Å². The number of sulfonamides is 1. The van der Waals surface area contributed by atoms with E-state index in [2.05, 4.69) is 0 Å². The normalized spacial score (nSPS) is 22.1. The number of aryl methyl sites for hydroxylation is 1. The largest absolute Gasteiger partial charge is 0.252 e. The molecule has 3 nitrogen and oxygen atoms in total. The van der Waals surface area contributed by atoms with Gasteiger partial charge in [0.2, 0.25) is 0 Å². The van der Waals surface area contributed by atoms with Gasteiger partial charge in [0.1, 0.15) is 4.21 Å². The van der Waals surface area contributed by atoms with E-state index >= 15 is 0 Å². The second kappa shape index (κ2) is 5.26. The molecule has 0 aromatic carbocycles. The summed E-state index contributed by atoms with van der Waals surface area (Å²) in [7, 11) is -3.32. The summed E-state index contributed by atoms with van der Waals surface area (Å²) in [6.45, 7) is 2.62. The van der Waals surface area contributed by atoms with Crippen LogP contribution in [0.4, 0.5) is 0 Å². The van der Waals surface area contributed by atoms with Gasteiger partial charge in [0, 0.05) is 23.3 Å². The van der Waals surface area contributed by atoms with Crippen LogP contribution in [-0.4, -0.2) is 31.2 Å². The van der Waals surface area contributed by atoms with Crippen LogP contribution in [0.25, 0.3) is 0 Å². The van der Waals surface area contributed by atoms with Crippen LogP contribution in [-0.2, 0) is 16.4 Å². The van der Waals surface area contributed by atoms with Crippen molar-refractivity contribution in [3.05, 3.63) is 17.0 Å². The van der Waals surface area contributed by atoms with Gasteiger partial charge in [-0.05, 0) is 31.4 Å². The fourth-order valence-electron chi connectivity index (χ4n) is 2.08. The Hall–Kier alpha value is -0.100. The summed E-state index contributed by atoms with van der Waals surface area (Å²) >= 11 is 7.19. The number of hydrogen-bond acceptors (Lipinski definition) is 3. The maximum atomic E-state index is 12.4. The summed E-state index contributed by atoms with van der Waals surface area (Å²) in [5.41, 5.74) is 0. The minimum atomic E-state index is -3.32. The molecule has 2 heterocycles. The Balaban J connectivity index is 2.29. The van der Waals surface area contributed by atoms with Gasteiger partial charge in [-0.3, -0.25) is 0 Å². The van der Waals surface area contributed by atoms with E-state index in [1.54, 1.807) is 10.4 Å². The molecule has 0 unspecified atom stereocenters. The molecule has 17 heavy (non-hydrogen) atoms. The number of nitrogens with zero attached hydrogens (tertiary/aromatic N) is 1. The van der Waals surface area contributed by atoms with Crippen LogP contribution >= 0.6 is 22.9 Å². The van der Waals surface area contributed by atoms with Gasteiger partial charge >= 0.3 is 0 Å². The second-order valence-corrected chi connectivity index (χ2v) is 7.73. The van der Waals surface area contributed by atoms with E-state index in [9.17, 15) is 8.42 Å². The van der Waals surface area contributed by atoms with Crippen molar-refractivity contribution in [2.75, 3.05) is 12.4 Å². The third kappa shape index (κ3) is 2.52. The lowest BCUT2D eigenvalue weighted by Crippen LogP contribution is -2.36. The molecule has 1 aromatic rings. The van der Waals surface area contributed by atoms with Crippen LogP contribution in [0.5, 0.6) is 0 Å². The third-order valence-corrected chi connectivity index (χ3v) is 7.05. The fraction of sp³-hybridized carbons (Fsp3) is 0.636. The third-order valence-electron chi connectivity index (χ3n) is 3.05. The molecule has 1 aromatic heterocycles. The lowest BCUT2D eigenvalue weighted by molar-refractivity contribution is 0.412. The van der Waals surface area contributed by atoms with Crippen molar-refractivity contribution in [2.45, 2.75) is 36.4 Å². The van der Waals surface area contributed by atoms with E-state index in [0.717, 1.165) is 24.1 Å². The predicted octanol–water partition coefficient (Wildman–Crippen LogP) is 2.70. The van der Waals surface area contributed by atoms with Crippen molar-refractivity contribution in [2.24, 2.45) is 0 Å². The zero-order chi connectivity index (χ0) is 12.5. The molecule has 1 saturated heterocycles. The molecule has 0 aliphatic carbocycles. The first kappa shape index (κ1) is 13.3. The van der Waals surface area contributed by atoms with Crippen molar-refractivity contribution in [3.63, 3.8) is 0 Å². The highest BCUT2D eigenvalue weighted by Crippen LogP contribution is 2.30. The first-order valence-electron chi connectivity index (χ1n) is 5.76. The summed E-state index contributed by atoms with van der Waals surface area (Å²) < 4.78 is 26.8. The smallest absolute Gasteiger partial charge is 0.206 e. The van der Waals surface area contributed by atoms with Crippen molar-refractivity contribution >= 4 is 33.0 Å². The monoisotopic (exact) mass is 293 g/mol. The average molecular weight is 294 g/mol. The van der Waals surface area contributed by atoms with Gasteiger partial charge in [0.05, 0.1) is 0 Å². The van der Waals surface area contributed by atoms with Crippen LogP contribution in [0.15, 0.2) is 16.3 Å². The molecule has 0 saturated carbocycles. The second-order valence-electron chi connectivity index (χ2n) is 4.14. The highest BCUT2D eigenvalue weighted by atomic mass is 35.5. The van der Waals surface area contributed by atoms with Crippen molar-refractivity contribution < 1.29 is 8.42 Å². The molecule has 96 valence electrons.